The van der Waals surface area contributed by atoms with Gasteiger partial charge in [0.25, 0.3) is 0 Å². The molecular weight excluding hydrogens is 851 g/mol. The van der Waals surface area contributed by atoms with Gasteiger partial charge in [-0.1, -0.05) is 218 Å². The number of rotatable bonds is 7. The summed E-state index contributed by atoms with van der Waals surface area (Å²) in [5.41, 5.74) is 23.0. The van der Waals surface area contributed by atoms with Crippen molar-refractivity contribution in [2.45, 2.75) is 5.41 Å². The predicted octanol–water partition coefficient (Wildman–Crippen LogP) is 18.5. The highest BCUT2D eigenvalue weighted by molar-refractivity contribution is 7.26. The van der Waals surface area contributed by atoms with Crippen molar-refractivity contribution in [2.24, 2.45) is 0 Å². The molecule has 0 amide bonds. The van der Waals surface area contributed by atoms with Crippen molar-refractivity contribution < 1.29 is 0 Å². The fraction of sp³-hybridized carbons (Fsp3) is 0.0149. The van der Waals surface area contributed by atoms with Gasteiger partial charge in [0, 0.05) is 37.1 Å². The number of hydrogen-bond acceptors (Lipinski definition) is 2. The van der Waals surface area contributed by atoms with Crippen molar-refractivity contribution in [2.75, 3.05) is 4.90 Å². The van der Waals surface area contributed by atoms with Gasteiger partial charge in [0.05, 0.1) is 11.1 Å². The summed E-state index contributed by atoms with van der Waals surface area (Å²) in [7, 11) is 0. The monoisotopic (exact) mass is 893 g/mol. The SMILES string of the molecule is c1ccc(-c2cc(-c3cccc4c3-c3ccccc3C43c4ccccc4-c4ccccc43)cc(N(c3ccc(-c4cccc5c4sc4ccccc45)cc3)c3ccccc3-c3ccccc3)c2)cc1. The van der Waals surface area contributed by atoms with E-state index in [2.05, 4.69) is 266 Å². The second-order valence-electron chi connectivity index (χ2n) is 18.3. The van der Waals surface area contributed by atoms with Crippen molar-refractivity contribution >= 4 is 48.6 Å². The molecule has 0 saturated heterocycles. The van der Waals surface area contributed by atoms with E-state index < -0.39 is 5.41 Å². The molecule has 0 radical (unpaired) electrons. The molecule has 2 heteroatoms. The Bertz CT molecular complexity index is 3910. The van der Waals surface area contributed by atoms with E-state index in [1.165, 1.54) is 104 Å². The minimum atomic E-state index is -0.433. The molecule has 11 aromatic carbocycles. The van der Waals surface area contributed by atoms with E-state index in [9.17, 15) is 0 Å². The van der Waals surface area contributed by atoms with Gasteiger partial charge in [0.2, 0.25) is 0 Å². The Morgan fingerprint density at radius 1 is 0.290 bits per heavy atom. The van der Waals surface area contributed by atoms with Crippen LogP contribution in [0.4, 0.5) is 17.1 Å². The lowest BCUT2D eigenvalue weighted by Crippen LogP contribution is -2.25. The van der Waals surface area contributed by atoms with Gasteiger partial charge in [0.1, 0.15) is 0 Å². The van der Waals surface area contributed by atoms with Crippen molar-refractivity contribution in [3.8, 4) is 66.8 Å². The van der Waals surface area contributed by atoms with E-state index in [4.69, 9.17) is 0 Å². The fourth-order valence-electron chi connectivity index (χ4n) is 11.8. The molecule has 2 aliphatic rings. The summed E-state index contributed by atoms with van der Waals surface area (Å²) in [6, 6.07) is 96.8. The van der Waals surface area contributed by atoms with Crippen molar-refractivity contribution in [3.05, 3.63) is 283 Å². The molecule has 0 unspecified atom stereocenters. The van der Waals surface area contributed by atoms with E-state index in [0.29, 0.717) is 0 Å². The quantitative estimate of drug-likeness (QED) is 0.154. The number of benzene rings is 11. The van der Waals surface area contributed by atoms with Gasteiger partial charge >= 0.3 is 0 Å². The average molecular weight is 894 g/mol. The Morgan fingerprint density at radius 3 is 1.54 bits per heavy atom. The third-order valence-electron chi connectivity index (χ3n) is 14.7. The van der Waals surface area contributed by atoms with Crippen LogP contribution in [0.25, 0.3) is 86.9 Å². The Labute approximate surface area is 406 Å². The summed E-state index contributed by atoms with van der Waals surface area (Å²) in [6.07, 6.45) is 0. The van der Waals surface area contributed by atoms with Gasteiger partial charge in [-0.25, -0.2) is 0 Å². The van der Waals surface area contributed by atoms with Crippen molar-refractivity contribution in [1.29, 1.82) is 0 Å². The van der Waals surface area contributed by atoms with Gasteiger partial charge in [-0.2, -0.15) is 0 Å². The molecule has 1 aromatic heterocycles. The number of hydrogen-bond donors (Lipinski definition) is 0. The first kappa shape index (κ1) is 39.6. The summed E-state index contributed by atoms with van der Waals surface area (Å²) in [5, 5.41) is 2.62. The molecule has 1 heterocycles. The molecule has 14 rings (SSSR count). The second-order valence-corrected chi connectivity index (χ2v) is 19.3. The average Bonchev–Trinajstić information content (AvgIpc) is 4.06. The number of nitrogens with zero attached hydrogens (tertiary/aromatic N) is 1. The predicted molar refractivity (Wildman–Crippen MR) is 292 cm³/mol. The van der Waals surface area contributed by atoms with Gasteiger partial charge in [-0.15, -0.1) is 11.3 Å². The normalized spacial score (nSPS) is 12.8. The number of fused-ring (bicyclic) bond motifs is 13. The van der Waals surface area contributed by atoms with Crippen LogP contribution in [0.2, 0.25) is 0 Å². The van der Waals surface area contributed by atoms with E-state index in [1.807, 2.05) is 11.3 Å². The van der Waals surface area contributed by atoms with Crippen molar-refractivity contribution in [1.82, 2.24) is 0 Å². The lowest BCUT2D eigenvalue weighted by Gasteiger charge is -2.30. The molecule has 322 valence electrons. The molecule has 1 nitrogen and oxygen atoms in total. The highest BCUT2D eigenvalue weighted by atomic mass is 32.1. The van der Waals surface area contributed by atoms with Gasteiger partial charge in [-0.05, 0) is 126 Å². The zero-order valence-electron chi connectivity index (χ0n) is 37.7. The van der Waals surface area contributed by atoms with E-state index >= 15 is 0 Å². The third kappa shape index (κ3) is 6.02. The maximum absolute atomic E-state index is 2.48. The molecular formula is C67H43NS. The molecule has 0 aliphatic heterocycles. The molecule has 0 fully saturated rings. The van der Waals surface area contributed by atoms with Crippen LogP contribution in [0.3, 0.4) is 0 Å². The van der Waals surface area contributed by atoms with E-state index in [0.717, 1.165) is 22.6 Å². The largest absolute Gasteiger partial charge is 0.310 e. The summed E-state index contributed by atoms with van der Waals surface area (Å²) in [5.74, 6) is 0. The summed E-state index contributed by atoms with van der Waals surface area (Å²) in [6.45, 7) is 0. The molecule has 69 heavy (non-hydrogen) atoms. The van der Waals surface area contributed by atoms with Crippen LogP contribution >= 0.6 is 11.3 Å². The summed E-state index contributed by atoms with van der Waals surface area (Å²) < 4.78 is 2.64. The fourth-order valence-corrected chi connectivity index (χ4v) is 13.0. The zero-order valence-corrected chi connectivity index (χ0v) is 38.5. The van der Waals surface area contributed by atoms with Gasteiger partial charge in [-0.3, -0.25) is 0 Å². The molecule has 0 saturated carbocycles. The first-order valence-electron chi connectivity index (χ1n) is 23.8. The smallest absolute Gasteiger partial charge is 0.0725 e. The topological polar surface area (TPSA) is 3.24 Å². The number of thiophene rings is 1. The first-order chi connectivity index (χ1) is 34.2. The maximum atomic E-state index is 2.48. The van der Waals surface area contributed by atoms with Crippen molar-refractivity contribution in [3.63, 3.8) is 0 Å². The molecule has 2 aliphatic carbocycles. The van der Waals surface area contributed by atoms with Gasteiger partial charge < -0.3 is 4.90 Å². The molecule has 0 bridgehead atoms. The van der Waals surface area contributed by atoms with Crippen LogP contribution in [0, 0.1) is 0 Å². The molecule has 12 aromatic rings. The van der Waals surface area contributed by atoms with Crippen LogP contribution < -0.4 is 4.90 Å². The third-order valence-corrected chi connectivity index (χ3v) is 15.9. The van der Waals surface area contributed by atoms with Crippen LogP contribution in [-0.2, 0) is 5.41 Å². The minimum Gasteiger partial charge on any atom is -0.310 e. The van der Waals surface area contributed by atoms with Crippen LogP contribution in [-0.4, -0.2) is 0 Å². The lowest BCUT2D eigenvalue weighted by atomic mass is 9.70. The summed E-state index contributed by atoms with van der Waals surface area (Å²) in [4.78, 5) is 2.48. The standard InChI is InChI=1S/C67H43NS/c1-3-19-44(20-4-1)47-41-48(52-28-18-34-62-65(52)58-27-9-14-33-61(58)67(62)59-31-12-7-24-54(59)55-25-8-13-32-60(55)67)43-50(42-47)68(63-35-15-10-23-51(63)45-21-5-2-6-22-45)49-39-37-46(38-40-49)53-29-17-30-57-56-26-11-16-36-64(56)69-66(53)57/h1-43H. The highest BCUT2D eigenvalue weighted by Crippen LogP contribution is 2.64. The maximum Gasteiger partial charge on any atom is 0.0725 e. The zero-order chi connectivity index (χ0) is 45.5. The Morgan fingerprint density at radius 2 is 0.797 bits per heavy atom. The number of para-hydroxylation sites is 1. The van der Waals surface area contributed by atoms with Gasteiger partial charge in [0.15, 0.2) is 0 Å². The van der Waals surface area contributed by atoms with Crippen LogP contribution in [0.15, 0.2) is 261 Å². The molecule has 1 spiro atoms. The number of anilines is 3. The Balaban J connectivity index is 1.01. The van der Waals surface area contributed by atoms with Crippen LogP contribution in [0.1, 0.15) is 22.3 Å². The minimum absolute atomic E-state index is 0.433. The van der Waals surface area contributed by atoms with E-state index in [-0.39, 0.29) is 0 Å². The Kier molecular flexibility index (Phi) is 9.05. The second kappa shape index (κ2) is 15.8. The van der Waals surface area contributed by atoms with E-state index in [1.54, 1.807) is 0 Å². The van der Waals surface area contributed by atoms with Crippen LogP contribution in [0.5, 0.6) is 0 Å². The lowest BCUT2D eigenvalue weighted by molar-refractivity contribution is 0.794. The molecule has 0 N–H and O–H groups in total. The summed E-state index contributed by atoms with van der Waals surface area (Å²) >= 11 is 1.88. The Hall–Kier alpha value is -8.56. The molecule has 0 atom stereocenters. The highest BCUT2D eigenvalue weighted by Gasteiger charge is 2.52. The first-order valence-corrected chi connectivity index (χ1v) is 24.6.